The number of halogens is 3. The zero-order chi connectivity index (χ0) is 26.7. The smallest absolute Gasteiger partial charge is 0.475 e. The maximum atomic E-state index is 12.6. The minimum atomic E-state index is -5.08. The van der Waals surface area contributed by atoms with Crippen LogP contribution in [-0.2, 0) is 9.59 Å². The largest absolute Gasteiger partial charge is 0.490 e. The summed E-state index contributed by atoms with van der Waals surface area (Å²) in [6, 6.07) is 15.2. The number of hydroxylamine groups is 1. The lowest BCUT2D eigenvalue weighted by atomic mass is 10.1. The first-order chi connectivity index (χ1) is 17.0. The summed E-state index contributed by atoms with van der Waals surface area (Å²) in [5.74, 6) is -3.41. The van der Waals surface area contributed by atoms with Crippen molar-refractivity contribution in [2.24, 2.45) is 0 Å². The Morgan fingerprint density at radius 1 is 0.917 bits per heavy atom. The monoisotopic (exact) mass is 505 g/mol. The van der Waals surface area contributed by atoms with Crippen LogP contribution in [-0.4, -0.2) is 72.3 Å². The Kier molecular flexibility index (Phi) is 10.4. The highest BCUT2D eigenvalue weighted by molar-refractivity contribution is 6.07. The molecule has 1 saturated heterocycles. The number of anilines is 1. The fourth-order valence-corrected chi connectivity index (χ4v) is 3.16. The first-order valence-electron chi connectivity index (χ1n) is 10.8. The van der Waals surface area contributed by atoms with Gasteiger partial charge in [-0.3, -0.25) is 14.8 Å². The highest BCUT2D eigenvalue weighted by Crippen LogP contribution is 2.19. The molecule has 0 aromatic heterocycles. The number of rotatable bonds is 6. The number of carboxylic acids is 1. The molecule has 36 heavy (non-hydrogen) atoms. The number of alkyl halides is 3. The van der Waals surface area contributed by atoms with Crippen LogP contribution in [0.5, 0.6) is 0 Å². The SMILES string of the molecule is CN1CCN(c2cccc(C(=O)/C=C/c3cccc(/C=C/C(=O)NO)c3)c2)CC1.O=C(O)C(F)(F)F. The Morgan fingerprint density at radius 3 is 2.03 bits per heavy atom. The number of carbonyl (C=O) groups excluding carboxylic acids is 2. The van der Waals surface area contributed by atoms with Gasteiger partial charge in [0.2, 0.25) is 0 Å². The summed E-state index contributed by atoms with van der Waals surface area (Å²) in [5, 5.41) is 15.7. The van der Waals surface area contributed by atoms with Gasteiger partial charge in [-0.25, -0.2) is 10.3 Å². The van der Waals surface area contributed by atoms with Crippen LogP contribution in [0.1, 0.15) is 21.5 Å². The molecule has 0 radical (unpaired) electrons. The average Bonchev–Trinajstić information content (AvgIpc) is 2.86. The quantitative estimate of drug-likeness (QED) is 0.239. The van der Waals surface area contributed by atoms with Crippen LogP contribution < -0.4 is 10.4 Å². The van der Waals surface area contributed by atoms with Crippen LogP contribution in [0.15, 0.2) is 60.7 Å². The molecule has 1 aliphatic heterocycles. The van der Waals surface area contributed by atoms with Crippen LogP contribution >= 0.6 is 0 Å². The summed E-state index contributed by atoms with van der Waals surface area (Å²) in [6.45, 7) is 3.95. The van der Waals surface area contributed by atoms with Crippen LogP contribution in [0, 0.1) is 0 Å². The van der Waals surface area contributed by atoms with Gasteiger partial charge in [-0.2, -0.15) is 13.2 Å². The molecule has 1 aliphatic rings. The molecule has 1 heterocycles. The number of likely N-dealkylation sites (N-methyl/N-ethyl adjacent to an activating group) is 1. The second kappa shape index (κ2) is 13.2. The van der Waals surface area contributed by atoms with E-state index in [9.17, 15) is 22.8 Å². The van der Waals surface area contributed by atoms with E-state index in [-0.39, 0.29) is 5.78 Å². The second-order valence-corrected chi connectivity index (χ2v) is 7.82. The number of aliphatic carboxylic acids is 1. The summed E-state index contributed by atoms with van der Waals surface area (Å²) in [6.07, 6.45) is 1.06. The third-order valence-corrected chi connectivity index (χ3v) is 5.12. The zero-order valence-corrected chi connectivity index (χ0v) is 19.4. The van der Waals surface area contributed by atoms with Gasteiger partial charge in [0.15, 0.2) is 5.78 Å². The highest BCUT2D eigenvalue weighted by Gasteiger charge is 2.38. The van der Waals surface area contributed by atoms with Crippen LogP contribution in [0.3, 0.4) is 0 Å². The predicted octanol–water partition coefficient (Wildman–Crippen LogP) is 3.49. The molecule has 0 atom stereocenters. The van der Waals surface area contributed by atoms with Gasteiger partial charge in [-0.1, -0.05) is 36.4 Å². The molecule has 192 valence electrons. The number of benzene rings is 2. The molecule has 0 bridgehead atoms. The molecule has 3 N–H and O–H groups in total. The molecule has 3 rings (SSSR count). The topological polar surface area (TPSA) is 110 Å². The predicted molar refractivity (Wildman–Crippen MR) is 129 cm³/mol. The van der Waals surface area contributed by atoms with Gasteiger partial charge in [0.25, 0.3) is 5.91 Å². The van der Waals surface area contributed by atoms with Crippen LogP contribution in [0.25, 0.3) is 12.2 Å². The minimum Gasteiger partial charge on any atom is -0.475 e. The van der Waals surface area contributed by atoms with Crippen molar-refractivity contribution in [2.75, 3.05) is 38.1 Å². The van der Waals surface area contributed by atoms with Gasteiger partial charge in [0, 0.05) is 43.5 Å². The Balaban J connectivity index is 0.000000572. The Morgan fingerprint density at radius 2 is 1.47 bits per heavy atom. The maximum absolute atomic E-state index is 12.6. The van der Waals surface area contributed by atoms with E-state index in [1.807, 2.05) is 48.5 Å². The first-order valence-corrected chi connectivity index (χ1v) is 10.8. The van der Waals surface area contributed by atoms with E-state index < -0.39 is 18.1 Å². The average molecular weight is 505 g/mol. The number of nitrogens with one attached hydrogen (secondary N) is 1. The number of allylic oxidation sites excluding steroid dienone is 1. The van der Waals surface area contributed by atoms with Gasteiger partial charge in [-0.15, -0.1) is 0 Å². The minimum absolute atomic E-state index is 0.0541. The van der Waals surface area contributed by atoms with Crippen molar-refractivity contribution in [1.29, 1.82) is 0 Å². The number of nitrogens with zero attached hydrogens (tertiary/aromatic N) is 2. The van der Waals surface area contributed by atoms with Crippen molar-refractivity contribution >= 4 is 35.5 Å². The van der Waals surface area contributed by atoms with Gasteiger partial charge in [-0.05, 0) is 48.5 Å². The molecule has 0 unspecified atom stereocenters. The Hall–Kier alpha value is -3.96. The van der Waals surface area contributed by atoms with E-state index in [0.29, 0.717) is 5.56 Å². The van der Waals surface area contributed by atoms with Crippen molar-refractivity contribution in [3.63, 3.8) is 0 Å². The van der Waals surface area contributed by atoms with Crippen molar-refractivity contribution in [1.82, 2.24) is 10.4 Å². The number of hydrogen-bond donors (Lipinski definition) is 3. The molecule has 2 aromatic rings. The van der Waals surface area contributed by atoms with Gasteiger partial charge < -0.3 is 14.9 Å². The number of hydrogen-bond acceptors (Lipinski definition) is 6. The van der Waals surface area contributed by atoms with Gasteiger partial charge >= 0.3 is 12.1 Å². The third-order valence-electron chi connectivity index (χ3n) is 5.12. The van der Waals surface area contributed by atoms with E-state index in [1.165, 1.54) is 6.08 Å². The highest BCUT2D eigenvalue weighted by atomic mass is 19.4. The first kappa shape index (κ1) is 28.3. The summed E-state index contributed by atoms with van der Waals surface area (Å²) < 4.78 is 31.7. The summed E-state index contributed by atoms with van der Waals surface area (Å²) in [5.41, 5.74) is 4.92. The Bertz CT molecular complexity index is 1120. The lowest BCUT2D eigenvalue weighted by Gasteiger charge is -2.34. The van der Waals surface area contributed by atoms with E-state index >= 15 is 0 Å². The van der Waals surface area contributed by atoms with Crippen LogP contribution in [0.2, 0.25) is 0 Å². The number of piperazine rings is 1. The maximum Gasteiger partial charge on any atom is 0.490 e. The molecular weight excluding hydrogens is 479 g/mol. The Labute approximate surface area is 205 Å². The summed E-state index contributed by atoms with van der Waals surface area (Å²) in [4.78, 5) is 37.2. The summed E-state index contributed by atoms with van der Waals surface area (Å²) in [7, 11) is 2.12. The molecule has 1 amide bonds. The van der Waals surface area contributed by atoms with Gasteiger partial charge in [0.1, 0.15) is 0 Å². The molecular formula is C25H26F3N3O5. The molecule has 0 spiro atoms. The molecule has 11 heteroatoms. The van der Waals surface area contributed by atoms with E-state index in [2.05, 4.69) is 16.8 Å². The van der Waals surface area contributed by atoms with Crippen molar-refractivity contribution in [3.05, 3.63) is 77.4 Å². The molecule has 0 saturated carbocycles. The standard InChI is InChI=1S/C23H25N3O3.C2HF3O2/c1-25-12-14-26(15-13-25)21-7-3-6-20(17-21)22(27)10-8-18-4-2-5-19(16-18)9-11-23(28)24-29;3-2(4,5)1(6)7/h2-11,16-17,29H,12-15H2,1H3,(H,24,28);(H,6,7)/b10-8+,11-9+;. The molecule has 2 aromatic carbocycles. The molecule has 1 fully saturated rings. The van der Waals surface area contributed by atoms with E-state index in [1.54, 1.807) is 23.7 Å². The lowest BCUT2D eigenvalue weighted by molar-refractivity contribution is -0.192. The normalized spacial score (nSPS) is 14.4. The molecule has 8 nitrogen and oxygen atoms in total. The van der Waals surface area contributed by atoms with Gasteiger partial charge in [0.05, 0.1) is 0 Å². The fraction of sp³-hybridized carbons (Fsp3) is 0.240. The van der Waals surface area contributed by atoms with Crippen molar-refractivity contribution in [3.8, 4) is 0 Å². The van der Waals surface area contributed by atoms with E-state index in [4.69, 9.17) is 15.1 Å². The van der Waals surface area contributed by atoms with Crippen molar-refractivity contribution in [2.45, 2.75) is 6.18 Å². The number of carboxylic acid groups (broad SMARTS) is 1. The fourth-order valence-electron chi connectivity index (χ4n) is 3.16. The van der Waals surface area contributed by atoms with Crippen molar-refractivity contribution < 1.29 is 37.9 Å². The van der Waals surface area contributed by atoms with Crippen LogP contribution in [0.4, 0.5) is 18.9 Å². The number of amides is 1. The number of ketones is 1. The molecule has 0 aliphatic carbocycles. The second-order valence-electron chi connectivity index (χ2n) is 7.82. The third kappa shape index (κ3) is 9.35. The number of carbonyl (C=O) groups is 3. The zero-order valence-electron chi connectivity index (χ0n) is 19.4. The summed E-state index contributed by atoms with van der Waals surface area (Å²) >= 11 is 0. The van der Waals surface area contributed by atoms with E-state index in [0.717, 1.165) is 43.0 Å². The lowest BCUT2D eigenvalue weighted by Crippen LogP contribution is -2.44.